The van der Waals surface area contributed by atoms with E-state index in [2.05, 4.69) is 32.9 Å². The fourth-order valence-electron chi connectivity index (χ4n) is 5.12. The first kappa shape index (κ1) is 19.7. The highest BCUT2D eigenvalue weighted by molar-refractivity contribution is 6.23. The fraction of sp³-hybridized carbons (Fsp3) is 0.346. The van der Waals surface area contributed by atoms with Crippen LogP contribution in [0.5, 0.6) is 5.75 Å². The van der Waals surface area contributed by atoms with Gasteiger partial charge in [0, 0.05) is 0 Å². The highest BCUT2D eigenvalue weighted by atomic mass is 16.5. The number of fused-ring (bicyclic) bond motifs is 5. The number of allylic oxidation sites excluding steroid dienone is 2. The molecule has 1 heterocycles. The number of benzene rings is 2. The molecule has 0 aromatic heterocycles. The first-order valence-electron chi connectivity index (χ1n) is 10.7. The van der Waals surface area contributed by atoms with Gasteiger partial charge in [-0.05, 0) is 59.6 Å². The average Bonchev–Trinajstić information content (AvgIpc) is 3.41. The van der Waals surface area contributed by atoms with Gasteiger partial charge >= 0.3 is 5.97 Å². The van der Waals surface area contributed by atoms with Crippen LogP contribution in [0.25, 0.3) is 0 Å². The molecule has 1 saturated heterocycles. The molecule has 3 aliphatic rings. The van der Waals surface area contributed by atoms with Crippen molar-refractivity contribution >= 4 is 23.5 Å². The average molecular weight is 415 g/mol. The van der Waals surface area contributed by atoms with E-state index >= 15 is 0 Å². The summed E-state index contributed by atoms with van der Waals surface area (Å²) in [7, 11) is 0. The Bertz CT molecular complexity index is 1080. The second kappa shape index (κ2) is 6.91. The zero-order chi connectivity index (χ0) is 21.9. The molecule has 5 heteroatoms. The van der Waals surface area contributed by atoms with Gasteiger partial charge in [0.25, 0.3) is 0 Å². The quantitative estimate of drug-likeness (QED) is 0.320. The van der Waals surface area contributed by atoms with E-state index in [0.717, 1.165) is 12.0 Å². The molecule has 31 heavy (non-hydrogen) atoms. The summed E-state index contributed by atoms with van der Waals surface area (Å²) >= 11 is 0. The van der Waals surface area contributed by atoms with Crippen molar-refractivity contribution in [1.29, 1.82) is 0 Å². The minimum absolute atomic E-state index is 0.0129. The molecule has 2 amide bonds. The van der Waals surface area contributed by atoms with Crippen LogP contribution in [-0.2, 0) is 15.0 Å². The van der Waals surface area contributed by atoms with Crippen molar-refractivity contribution in [3.63, 3.8) is 0 Å². The number of amides is 2. The Morgan fingerprint density at radius 1 is 0.935 bits per heavy atom. The van der Waals surface area contributed by atoms with Gasteiger partial charge in [-0.3, -0.25) is 9.59 Å². The molecule has 158 valence electrons. The molecule has 5 rings (SSSR count). The van der Waals surface area contributed by atoms with Crippen LogP contribution in [0.3, 0.4) is 0 Å². The molecule has 1 saturated carbocycles. The van der Waals surface area contributed by atoms with Gasteiger partial charge in [0.05, 0.1) is 23.1 Å². The molecule has 1 aliphatic heterocycles. The highest BCUT2D eigenvalue weighted by Crippen LogP contribution is 2.53. The van der Waals surface area contributed by atoms with Crippen molar-refractivity contribution < 1.29 is 19.1 Å². The Morgan fingerprint density at radius 3 is 2.13 bits per heavy atom. The van der Waals surface area contributed by atoms with Crippen LogP contribution in [-0.4, -0.2) is 17.8 Å². The topological polar surface area (TPSA) is 63.7 Å². The van der Waals surface area contributed by atoms with Crippen LogP contribution in [0.1, 0.15) is 43.1 Å². The molecule has 0 spiro atoms. The number of imide groups is 1. The fourth-order valence-corrected chi connectivity index (χ4v) is 5.12. The molecular weight excluding hydrogens is 390 g/mol. The molecule has 2 bridgehead atoms. The first-order chi connectivity index (χ1) is 14.7. The second-order valence-electron chi connectivity index (χ2n) is 9.73. The molecule has 2 aromatic carbocycles. The lowest BCUT2D eigenvalue weighted by Crippen LogP contribution is -2.33. The van der Waals surface area contributed by atoms with Crippen LogP contribution in [0.4, 0.5) is 5.69 Å². The Kier molecular flexibility index (Phi) is 4.40. The van der Waals surface area contributed by atoms with Crippen molar-refractivity contribution in [1.82, 2.24) is 0 Å². The summed E-state index contributed by atoms with van der Waals surface area (Å²) in [4.78, 5) is 40.0. The van der Waals surface area contributed by atoms with E-state index in [1.807, 2.05) is 12.1 Å². The number of anilines is 1. The number of hydrogen-bond acceptors (Lipinski definition) is 4. The molecular formula is C26H25NO4. The smallest absolute Gasteiger partial charge is 0.343 e. The van der Waals surface area contributed by atoms with Gasteiger partial charge < -0.3 is 4.74 Å². The molecule has 4 atom stereocenters. The number of hydrogen-bond donors (Lipinski definition) is 0. The van der Waals surface area contributed by atoms with Crippen LogP contribution in [0, 0.1) is 23.7 Å². The third kappa shape index (κ3) is 3.19. The molecule has 0 radical (unpaired) electrons. The molecule has 0 unspecified atom stereocenters. The molecule has 0 N–H and O–H groups in total. The van der Waals surface area contributed by atoms with Crippen molar-refractivity contribution in [3.05, 3.63) is 71.8 Å². The van der Waals surface area contributed by atoms with Crippen LogP contribution < -0.4 is 9.64 Å². The molecule has 2 fully saturated rings. The monoisotopic (exact) mass is 415 g/mol. The summed E-state index contributed by atoms with van der Waals surface area (Å²) in [5, 5.41) is 0. The van der Waals surface area contributed by atoms with Crippen LogP contribution in [0.15, 0.2) is 60.7 Å². The Balaban J connectivity index is 1.35. The highest BCUT2D eigenvalue weighted by Gasteiger charge is 2.59. The summed E-state index contributed by atoms with van der Waals surface area (Å²) in [5.41, 5.74) is 1.89. The van der Waals surface area contributed by atoms with Crippen molar-refractivity contribution in [3.8, 4) is 5.75 Å². The minimum Gasteiger partial charge on any atom is -0.423 e. The van der Waals surface area contributed by atoms with Crippen molar-refractivity contribution in [2.45, 2.75) is 32.6 Å². The van der Waals surface area contributed by atoms with E-state index in [4.69, 9.17) is 4.74 Å². The standard InChI is InChI=1S/C26H25NO4/c1-26(2,3)18-9-11-20(12-10-18)31-25(30)17-5-4-6-19(14-17)27-23(28)21-15-7-8-16(13-15)22(21)24(27)29/h4-12,14-16,21-22H,13H2,1-3H3/t15-,16-,21+,22+/m1/s1. The number of esters is 1. The van der Waals surface area contributed by atoms with E-state index < -0.39 is 5.97 Å². The maximum atomic E-state index is 13.0. The van der Waals surface area contributed by atoms with E-state index in [1.54, 1.807) is 36.4 Å². The van der Waals surface area contributed by atoms with Gasteiger partial charge in [-0.25, -0.2) is 9.69 Å². The van der Waals surface area contributed by atoms with Crippen molar-refractivity contribution in [2.75, 3.05) is 4.90 Å². The first-order valence-corrected chi connectivity index (χ1v) is 10.7. The normalized spacial score (nSPS) is 26.5. The van der Waals surface area contributed by atoms with Crippen molar-refractivity contribution in [2.24, 2.45) is 23.7 Å². The molecule has 5 nitrogen and oxygen atoms in total. The minimum atomic E-state index is -0.522. The van der Waals surface area contributed by atoms with Gasteiger partial charge in [-0.2, -0.15) is 0 Å². The number of ether oxygens (including phenoxy) is 1. The van der Waals surface area contributed by atoms with Gasteiger partial charge in [0.15, 0.2) is 0 Å². The SMILES string of the molecule is CC(C)(C)c1ccc(OC(=O)c2cccc(N3C(=O)[C@@H]4[C@@H](C3=O)[C@@H]3C=C[C@@H]4C3)c2)cc1. The number of carbonyl (C=O) groups is 3. The number of rotatable bonds is 3. The number of carbonyl (C=O) groups excluding carboxylic acids is 3. The third-order valence-electron chi connectivity index (χ3n) is 6.74. The summed E-state index contributed by atoms with van der Waals surface area (Å²) in [6.07, 6.45) is 5.03. The predicted octanol–water partition coefficient (Wildman–Crippen LogP) is 4.51. The zero-order valence-corrected chi connectivity index (χ0v) is 17.9. The lowest BCUT2D eigenvalue weighted by molar-refractivity contribution is -0.123. The van der Waals surface area contributed by atoms with Gasteiger partial charge in [0.2, 0.25) is 11.8 Å². The van der Waals surface area contributed by atoms with E-state index in [1.165, 1.54) is 4.90 Å². The summed E-state index contributed by atoms with van der Waals surface area (Å²) in [6, 6.07) is 14.0. The van der Waals surface area contributed by atoms with Gasteiger partial charge in [0.1, 0.15) is 5.75 Å². The van der Waals surface area contributed by atoms with Crippen LogP contribution in [0.2, 0.25) is 0 Å². The lowest BCUT2D eigenvalue weighted by Gasteiger charge is -2.19. The largest absolute Gasteiger partial charge is 0.423 e. The zero-order valence-electron chi connectivity index (χ0n) is 17.9. The summed E-state index contributed by atoms with van der Waals surface area (Å²) in [5.74, 6) is -0.606. The van der Waals surface area contributed by atoms with E-state index in [0.29, 0.717) is 17.0 Å². The number of nitrogens with zero attached hydrogens (tertiary/aromatic N) is 1. The van der Waals surface area contributed by atoms with E-state index in [-0.39, 0.29) is 40.9 Å². The van der Waals surface area contributed by atoms with Crippen LogP contribution >= 0.6 is 0 Å². The molecule has 2 aromatic rings. The Labute approximate surface area is 181 Å². The maximum Gasteiger partial charge on any atom is 0.343 e. The Morgan fingerprint density at radius 2 is 1.55 bits per heavy atom. The lowest BCUT2D eigenvalue weighted by atomic mass is 9.85. The third-order valence-corrected chi connectivity index (χ3v) is 6.74. The maximum absolute atomic E-state index is 13.0. The second-order valence-corrected chi connectivity index (χ2v) is 9.73. The Hall–Kier alpha value is -3.21. The molecule has 2 aliphatic carbocycles. The summed E-state index contributed by atoms with van der Waals surface area (Å²) in [6.45, 7) is 6.36. The van der Waals surface area contributed by atoms with Gasteiger partial charge in [-0.15, -0.1) is 0 Å². The van der Waals surface area contributed by atoms with E-state index in [9.17, 15) is 14.4 Å². The predicted molar refractivity (Wildman–Crippen MR) is 117 cm³/mol. The summed E-state index contributed by atoms with van der Waals surface area (Å²) < 4.78 is 5.52. The van der Waals surface area contributed by atoms with Gasteiger partial charge in [-0.1, -0.05) is 51.1 Å².